The van der Waals surface area contributed by atoms with Crippen molar-refractivity contribution in [1.82, 2.24) is 10.3 Å². The average molecular weight is 392 g/mol. The number of alkyl halides is 3. The summed E-state index contributed by atoms with van der Waals surface area (Å²) in [5.74, 6) is -2.36. The normalized spacial score (nSPS) is 19.8. The summed E-state index contributed by atoms with van der Waals surface area (Å²) in [4.78, 5) is 17.4. The SMILES string of the molecule is N#Cc1ccc(N2CCC(c3ccc(F)cc3)C(NC(=O)C(F)(F)F)C2)nc1. The molecule has 5 nitrogen and oxygen atoms in total. The molecule has 0 spiro atoms. The van der Waals surface area contributed by atoms with E-state index in [-0.39, 0.29) is 6.54 Å². The zero-order valence-corrected chi connectivity index (χ0v) is 14.6. The van der Waals surface area contributed by atoms with Crippen molar-refractivity contribution in [2.45, 2.75) is 24.6 Å². The number of benzene rings is 1. The van der Waals surface area contributed by atoms with E-state index < -0.39 is 29.9 Å². The van der Waals surface area contributed by atoms with Crippen LogP contribution in [-0.4, -0.2) is 36.2 Å². The van der Waals surface area contributed by atoms with Crippen LogP contribution in [0.25, 0.3) is 0 Å². The molecule has 1 amide bonds. The van der Waals surface area contributed by atoms with Gasteiger partial charge in [0.05, 0.1) is 11.6 Å². The van der Waals surface area contributed by atoms with Gasteiger partial charge >= 0.3 is 12.1 Å². The maximum absolute atomic E-state index is 13.2. The number of halogens is 4. The first kappa shape index (κ1) is 19.6. The molecule has 0 bridgehead atoms. The van der Waals surface area contributed by atoms with Gasteiger partial charge in [0, 0.05) is 25.2 Å². The van der Waals surface area contributed by atoms with E-state index in [1.807, 2.05) is 6.07 Å². The number of hydrogen-bond donors (Lipinski definition) is 1. The molecule has 1 aliphatic heterocycles. The van der Waals surface area contributed by atoms with Crippen LogP contribution in [0.15, 0.2) is 42.6 Å². The third-order valence-corrected chi connectivity index (χ3v) is 4.69. The van der Waals surface area contributed by atoms with Gasteiger partial charge in [-0.2, -0.15) is 18.4 Å². The molecule has 28 heavy (non-hydrogen) atoms. The number of hydrogen-bond acceptors (Lipinski definition) is 4. The first-order chi connectivity index (χ1) is 13.3. The fourth-order valence-electron chi connectivity index (χ4n) is 3.30. The largest absolute Gasteiger partial charge is 0.471 e. The van der Waals surface area contributed by atoms with Gasteiger partial charge in [-0.25, -0.2) is 9.37 Å². The van der Waals surface area contributed by atoms with Gasteiger partial charge in [0.15, 0.2) is 0 Å². The number of aromatic nitrogens is 1. The van der Waals surface area contributed by atoms with Crippen LogP contribution < -0.4 is 10.2 Å². The number of carbonyl (C=O) groups is 1. The molecule has 1 aromatic carbocycles. The monoisotopic (exact) mass is 392 g/mol. The summed E-state index contributed by atoms with van der Waals surface area (Å²) in [6.45, 7) is 0.585. The van der Waals surface area contributed by atoms with E-state index in [0.29, 0.717) is 29.9 Å². The lowest BCUT2D eigenvalue weighted by Gasteiger charge is -2.40. The van der Waals surface area contributed by atoms with Crippen LogP contribution in [0.5, 0.6) is 0 Å². The number of piperidine rings is 1. The Morgan fingerprint density at radius 3 is 2.50 bits per heavy atom. The molecule has 3 rings (SSSR count). The molecule has 2 aromatic rings. The summed E-state index contributed by atoms with van der Waals surface area (Å²) in [6, 6.07) is 9.80. The summed E-state index contributed by atoms with van der Waals surface area (Å²) in [5, 5.41) is 10.9. The molecule has 1 N–H and O–H groups in total. The molecular weight excluding hydrogens is 376 g/mol. The molecule has 2 heterocycles. The maximum Gasteiger partial charge on any atom is 0.471 e. The van der Waals surface area contributed by atoms with Crippen molar-refractivity contribution in [3.05, 3.63) is 59.5 Å². The van der Waals surface area contributed by atoms with Gasteiger partial charge < -0.3 is 10.2 Å². The Balaban J connectivity index is 1.84. The molecule has 146 valence electrons. The highest BCUT2D eigenvalue weighted by Crippen LogP contribution is 2.31. The highest BCUT2D eigenvalue weighted by Gasteiger charge is 2.42. The summed E-state index contributed by atoms with van der Waals surface area (Å²) in [7, 11) is 0. The van der Waals surface area contributed by atoms with Crippen LogP contribution in [0.3, 0.4) is 0 Å². The number of nitriles is 1. The lowest BCUT2D eigenvalue weighted by molar-refractivity contribution is -0.174. The van der Waals surface area contributed by atoms with Gasteiger partial charge in [-0.1, -0.05) is 12.1 Å². The van der Waals surface area contributed by atoms with E-state index in [1.165, 1.54) is 30.5 Å². The third-order valence-electron chi connectivity index (χ3n) is 4.69. The lowest BCUT2D eigenvalue weighted by Crippen LogP contribution is -2.54. The van der Waals surface area contributed by atoms with Crippen molar-refractivity contribution in [2.75, 3.05) is 18.0 Å². The number of carbonyl (C=O) groups excluding carboxylic acids is 1. The number of rotatable bonds is 3. The standard InChI is InChI=1S/C19H16F4N4O/c20-14-4-2-13(3-5-14)15-7-8-27(17-6-1-12(9-24)10-25-17)11-16(15)26-18(28)19(21,22)23/h1-6,10,15-16H,7-8,11H2,(H,26,28). The van der Waals surface area contributed by atoms with E-state index in [1.54, 1.807) is 17.0 Å². The topological polar surface area (TPSA) is 69.0 Å². The van der Waals surface area contributed by atoms with Crippen LogP contribution >= 0.6 is 0 Å². The van der Waals surface area contributed by atoms with Crippen molar-refractivity contribution in [3.8, 4) is 6.07 Å². The molecule has 0 radical (unpaired) electrons. The maximum atomic E-state index is 13.2. The first-order valence-electron chi connectivity index (χ1n) is 8.52. The minimum atomic E-state index is -5.00. The first-order valence-corrected chi connectivity index (χ1v) is 8.52. The Bertz CT molecular complexity index is 875. The van der Waals surface area contributed by atoms with Crippen molar-refractivity contribution >= 4 is 11.7 Å². The minimum Gasteiger partial charge on any atom is -0.355 e. The van der Waals surface area contributed by atoms with Crippen LogP contribution in [0, 0.1) is 17.1 Å². The van der Waals surface area contributed by atoms with E-state index in [4.69, 9.17) is 5.26 Å². The zero-order chi connectivity index (χ0) is 20.3. The predicted molar refractivity (Wildman–Crippen MR) is 92.9 cm³/mol. The van der Waals surface area contributed by atoms with E-state index in [2.05, 4.69) is 10.3 Å². The van der Waals surface area contributed by atoms with Crippen LogP contribution in [0.1, 0.15) is 23.5 Å². The summed E-state index contributed by atoms with van der Waals surface area (Å²) in [6.07, 6.45) is -3.18. The van der Waals surface area contributed by atoms with Crippen molar-refractivity contribution < 1.29 is 22.4 Å². The van der Waals surface area contributed by atoms with Gasteiger partial charge in [0.2, 0.25) is 0 Å². The fourth-order valence-corrected chi connectivity index (χ4v) is 3.30. The number of nitrogens with one attached hydrogen (secondary N) is 1. The lowest BCUT2D eigenvalue weighted by atomic mass is 9.85. The molecule has 0 aliphatic carbocycles. The molecule has 1 aromatic heterocycles. The van der Waals surface area contributed by atoms with Crippen LogP contribution in [0.2, 0.25) is 0 Å². The summed E-state index contributed by atoms with van der Waals surface area (Å²) in [5.41, 5.74) is 1.02. The molecular formula is C19H16F4N4O. The van der Waals surface area contributed by atoms with Crippen LogP contribution in [-0.2, 0) is 4.79 Å². The Morgan fingerprint density at radius 1 is 1.21 bits per heavy atom. The fraction of sp³-hybridized carbons (Fsp3) is 0.316. The van der Waals surface area contributed by atoms with Gasteiger partial charge in [-0.3, -0.25) is 4.79 Å². The zero-order valence-electron chi connectivity index (χ0n) is 14.6. The Morgan fingerprint density at radius 2 is 1.93 bits per heavy atom. The smallest absolute Gasteiger partial charge is 0.355 e. The molecule has 1 saturated heterocycles. The second kappa shape index (κ2) is 7.84. The van der Waals surface area contributed by atoms with Gasteiger partial charge in [-0.05, 0) is 36.2 Å². The molecule has 1 fully saturated rings. The average Bonchev–Trinajstić information content (AvgIpc) is 2.68. The van der Waals surface area contributed by atoms with Crippen molar-refractivity contribution in [3.63, 3.8) is 0 Å². The van der Waals surface area contributed by atoms with Crippen molar-refractivity contribution in [2.24, 2.45) is 0 Å². The number of amides is 1. The van der Waals surface area contributed by atoms with Gasteiger partial charge in [0.1, 0.15) is 17.7 Å². The van der Waals surface area contributed by atoms with E-state index in [0.717, 1.165) is 0 Å². The Labute approximate surface area is 158 Å². The molecule has 1 aliphatic rings. The molecule has 9 heteroatoms. The summed E-state index contributed by atoms with van der Waals surface area (Å²) < 4.78 is 51.5. The number of nitrogens with zero attached hydrogens (tertiary/aromatic N) is 3. The Kier molecular flexibility index (Phi) is 5.49. The second-order valence-corrected chi connectivity index (χ2v) is 6.49. The molecule has 2 atom stereocenters. The summed E-state index contributed by atoms with van der Waals surface area (Å²) >= 11 is 0. The van der Waals surface area contributed by atoms with E-state index in [9.17, 15) is 22.4 Å². The van der Waals surface area contributed by atoms with Gasteiger partial charge in [-0.15, -0.1) is 0 Å². The minimum absolute atomic E-state index is 0.1000. The highest BCUT2D eigenvalue weighted by atomic mass is 19.4. The number of anilines is 1. The second-order valence-electron chi connectivity index (χ2n) is 6.49. The predicted octanol–water partition coefficient (Wildman–Crippen LogP) is 3.13. The third kappa shape index (κ3) is 4.39. The van der Waals surface area contributed by atoms with E-state index >= 15 is 0 Å². The van der Waals surface area contributed by atoms with Crippen molar-refractivity contribution in [1.29, 1.82) is 5.26 Å². The quantitative estimate of drug-likeness (QED) is 0.815. The highest BCUT2D eigenvalue weighted by molar-refractivity contribution is 5.82. The number of pyridine rings is 1. The molecule has 0 saturated carbocycles. The molecule has 2 unspecified atom stereocenters. The van der Waals surface area contributed by atoms with Gasteiger partial charge in [0.25, 0.3) is 0 Å². The van der Waals surface area contributed by atoms with Crippen LogP contribution in [0.4, 0.5) is 23.4 Å². The Hall–Kier alpha value is -3.15.